The lowest BCUT2D eigenvalue weighted by Crippen LogP contribution is -2.34. The van der Waals surface area contributed by atoms with Crippen LogP contribution in [0.4, 0.5) is 5.69 Å². The number of fused-ring (bicyclic) bond motifs is 5. The van der Waals surface area contributed by atoms with Crippen molar-refractivity contribution in [2.24, 2.45) is 0 Å². The summed E-state index contributed by atoms with van der Waals surface area (Å²) in [4.78, 5) is 16.3. The van der Waals surface area contributed by atoms with Crippen LogP contribution >= 0.6 is 23.6 Å². The quantitative estimate of drug-likeness (QED) is 0.555. The van der Waals surface area contributed by atoms with Crippen LogP contribution in [0.1, 0.15) is 16.6 Å². The number of carbonyl (C=O) groups is 1. The predicted octanol–water partition coefficient (Wildman–Crippen LogP) is 3.66. The molecule has 6 heteroatoms. The topological polar surface area (TPSA) is 56.9 Å². The molecule has 3 N–H and O–H groups in total. The number of aromatic amines is 1. The van der Waals surface area contributed by atoms with Gasteiger partial charge >= 0.3 is 0 Å². The molecule has 1 amide bonds. The van der Waals surface area contributed by atoms with Gasteiger partial charge in [-0.3, -0.25) is 4.79 Å². The van der Waals surface area contributed by atoms with Crippen LogP contribution in [0.2, 0.25) is 0 Å². The summed E-state index contributed by atoms with van der Waals surface area (Å²) in [5, 5.41) is 8.61. The molecule has 1 aromatic carbocycles. The van der Waals surface area contributed by atoms with Gasteiger partial charge in [0.25, 0.3) is 5.91 Å². The molecule has 3 aromatic rings. The number of pyridine rings is 1. The summed E-state index contributed by atoms with van der Waals surface area (Å²) in [6.07, 6.45) is 0. The second-order valence-electron chi connectivity index (χ2n) is 5.28. The number of rotatable bonds is 0. The van der Waals surface area contributed by atoms with Crippen molar-refractivity contribution in [2.45, 2.75) is 13.0 Å². The van der Waals surface area contributed by atoms with Crippen LogP contribution in [0.3, 0.4) is 0 Å². The third-order valence-corrected chi connectivity index (χ3v) is 5.12. The number of anilines is 1. The number of thiophene rings is 1. The van der Waals surface area contributed by atoms with Crippen LogP contribution in [-0.4, -0.2) is 23.5 Å². The van der Waals surface area contributed by atoms with E-state index in [-0.39, 0.29) is 11.9 Å². The Balaban J connectivity index is 2.10. The molecule has 0 aliphatic carbocycles. The summed E-state index contributed by atoms with van der Waals surface area (Å²) < 4.78 is 1.82. The molecule has 106 valence electrons. The maximum absolute atomic E-state index is 12.3. The molecule has 21 heavy (non-hydrogen) atoms. The van der Waals surface area contributed by atoms with E-state index >= 15 is 0 Å². The fourth-order valence-corrected chi connectivity index (χ4v) is 4.03. The minimum Gasteiger partial charge on any atom is -0.381 e. The maximum atomic E-state index is 12.3. The van der Waals surface area contributed by atoms with E-state index < -0.39 is 0 Å². The number of benzene rings is 1. The number of amides is 1. The number of nitrogens with one attached hydrogen (secondary N) is 3. The van der Waals surface area contributed by atoms with Crippen LogP contribution in [0.5, 0.6) is 0 Å². The lowest BCUT2D eigenvalue weighted by Gasteiger charge is -2.09. The molecular formula is C15H13N3OS2. The zero-order valence-corrected chi connectivity index (χ0v) is 13.0. The van der Waals surface area contributed by atoms with Gasteiger partial charge in [-0.1, -0.05) is 12.2 Å². The van der Waals surface area contributed by atoms with Crippen molar-refractivity contribution in [1.29, 1.82) is 0 Å². The van der Waals surface area contributed by atoms with E-state index in [1.165, 1.54) is 11.3 Å². The normalized spacial score (nSPS) is 18.1. The van der Waals surface area contributed by atoms with Crippen molar-refractivity contribution in [3.8, 4) is 0 Å². The van der Waals surface area contributed by atoms with Crippen LogP contribution in [0.15, 0.2) is 24.3 Å². The number of hydrogen-bond donors (Lipinski definition) is 3. The first-order valence-corrected chi connectivity index (χ1v) is 7.99. The molecule has 0 radical (unpaired) electrons. The van der Waals surface area contributed by atoms with Gasteiger partial charge in [-0.25, -0.2) is 0 Å². The van der Waals surface area contributed by atoms with Gasteiger partial charge in [0.15, 0.2) is 0 Å². The van der Waals surface area contributed by atoms with Gasteiger partial charge < -0.3 is 15.6 Å². The van der Waals surface area contributed by atoms with Gasteiger partial charge in [0.2, 0.25) is 0 Å². The molecule has 0 saturated carbocycles. The Bertz CT molecular complexity index is 941. The fourth-order valence-electron chi connectivity index (χ4n) is 2.76. The average Bonchev–Trinajstić information content (AvgIpc) is 2.77. The molecule has 4 rings (SSSR count). The van der Waals surface area contributed by atoms with Crippen molar-refractivity contribution >= 4 is 56.1 Å². The van der Waals surface area contributed by atoms with E-state index in [1.807, 2.05) is 31.2 Å². The van der Waals surface area contributed by atoms with Crippen molar-refractivity contribution in [2.75, 3.05) is 11.9 Å². The first-order valence-electron chi connectivity index (χ1n) is 6.77. The highest BCUT2D eigenvalue weighted by molar-refractivity contribution is 7.71. The standard InChI is InChI=1S/C15H13N3OS2/c1-7-6-16-13-12-8-2-5-11(20)18-9(8)3-4-10(12)21-14(13)15(19)17-7/h2-5,7,16H,6H2,1H3,(H,17,19)(H,18,20)/t7-/m0/s1. The van der Waals surface area contributed by atoms with Crippen molar-refractivity contribution in [3.63, 3.8) is 0 Å². The maximum Gasteiger partial charge on any atom is 0.263 e. The number of carbonyl (C=O) groups excluding carboxylic acids is 1. The summed E-state index contributed by atoms with van der Waals surface area (Å²) in [6.45, 7) is 2.72. The van der Waals surface area contributed by atoms with Crippen LogP contribution < -0.4 is 10.6 Å². The Morgan fingerprint density at radius 1 is 1.29 bits per heavy atom. The largest absolute Gasteiger partial charge is 0.381 e. The van der Waals surface area contributed by atoms with Gasteiger partial charge in [0, 0.05) is 33.6 Å². The van der Waals surface area contributed by atoms with E-state index in [2.05, 4.69) is 15.6 Å². The number of H-pyrrole nitrogens is 1. The predicted molar refractivity (Wildman–Crippen MR) is 89.9 cm³/mol. The molecule has 0 saturated heterocycles. The highest BCUT2D eigenvalue weighted by atomic mass is 32.1. The molecular weight excluding hydrogens is 302 g/mol. The first kappa shape index (κ1) is 12.8. The molecule has 0 spiro atoms. The summed E-state index contributed by atoms with van der Waals surface area (Å²) >= 11 is 6.71. The minimum absolute atomic E-state index is 0.000666. The Morgan fingerprint density at radius 2 is 2.14 bits per heavy atom. The summed E-state index contributed by atoms with van der Waals surface area (Å²) in [5.41, 5.74) is 1.93. The van der Waals surface area contributed by atoms with E-state index in [1.54, 1.807) is 0 Å². The third-order valence-electron chi connectivity index (χ3n) is 3.72. The van der Waals surface area contributed by atoms with Gasteiger partial charge in [0.1, 0.15) is 9.52 Å². The molecule has 1 aliphatic rings. The molecule has 1 aliphatic heterocycles. The lowest BCUT2D eigenvalue weighted by molar-refractivity contribution is 0.0949. The molecule has 0 bridgehead atoms. The van der Waals surface area contributed by atoms with Crippen molar-refractivity contribution in [1.82, 2.24) is 10.3 Å². The first-order chi connectivity index (χ1) is 10.1. The Morgan fingerprint density at radius 3 is 3.00 bits per heavy atom. The van der Waals surface area contributed by atoms with E-state index in [0.717, 1.165) is 38.1 Å². The molecule has 0 fully saturated rings. The highest BCUT2D eigenvalue weighted by Crippen LogP contribution is 2.40. The Kier molecular flexibility index (Phi) is 2.77. The smallest absolute Gasteiger partial charge is 0.263 e. The Labute approximate surface area is 130 Å². The van der Waals surface area contributed by atoms with E-state index in [4.69, 9.17) is 12.2 Å². The summed E-state index contributed by atoms with van der Waals surface area (Å²) in [7, 11) is 0. The summed E-state index contributed by atoms with van der Waals surface area (Å²) in [6, 6.07) is 8.09. The molecule has 0 unspecified atom stereocenters. The van der Waals surface area contributed by atoms with E-state index in [0.29, 0.717) is 4.64 Å². The molecule has 3 heterocycles. The average molecular weight is 315 g/mol. The second-order valence-corrected chi connectivity index (χ2v) is 6.78. The fraction of sp³-hybridized carbons (Fsp3) is 0.200. The van der Waals surface area contributed by atoms with Gasteiger partial charge in [0.05, 0.1) is 5.69 Å². The lowest BCUT2D eigenvalue weighted by atomic mass is 10.1. The number of hydrogen-bond acceptors (Lipinski definition) is 4. The SMILES string of the molecule is C[C@H]1CNc2c(sc3ccc4[nH]c(=S)ccc4c23)C(=O)N1. The molecule has 2 aromatic heterocycles. The zero-order valence-electron chi connectivity index (χ0n) is 11.3. The summed E-state index contributed by atoms with van der Waals surface area (Å²) in [5.74, 6) is 0.000666. The number of aromatic nitrogens is 1. The third kappa shape index (κ3) is 1.94. The van der Waals surface area contributed by atoms with Crippen LogP contribution in [0, 0.1) is 4.64 Å². The highest BCUT2D eigenvalue weighted by Gasteiger charge is 2.24. The monoisotopic (exact) mass is 315 g/mol. The van der Waals surface area contributed by atoms with Crippen molar-refractivity contribution in [3.05, 3.63) is 33.8 Å². The van der Waals surface area contributed by atoms with E-state index in [9.17, 15) is 4.79 Å². The van der Waals surface area contributed by atoms with Gasteiger partial charge in [-0.05, 0) is 31.2 Å². The minimum atomic E-state index is 0.000666. The van der Waals surface area contributed by atoms with Gasteiger partial charge in [-0.15, -0.1) is 11.3 Å². The van der Waals surface area contributed by atoms with Crippen molar-refractivity contribution < 1.29 is 4.79 Å². The zero-order chi connectivity index (χ0) is 14.6. The second kappa shape index (κ2) is 4.54. The Hall–Kier alpha value is -1.92. The van der Waals surface area contributed by atoms with Gasteiger partial charge in [-0.2, -0.15) is 0 Å². The molecule has 1 atom stereocenters. The van der Waals surface area contributed by atoms with Crippen LogP contribution in [0.25, 0.3) is 21.0 Å². The van der Waals surface area contributed by atoms with Crippen LogP contribution in [-0.2, 0) is 0 Å². The molecule has 4 nitrogen and oxygen atoms in total.